The first-order chi connectivity index (χ1) is 25.9. The Labute approximate surface area is 345 Å². The molecule has 0 aromatic heterocycles. The number of hydrogen-bond acceptors (Lipinski definition) is 8. The summed E-state index contributed by atoms with van der Waals surface area (Å²) in [5.41, 5.74) is 5.53. The van der Waals surface area contributed by atoms with Crippen LogP contribution >= 0.6 is 0 Å². The molecule has 8 saturated heterocycles. The minimum atomic E-state index is 0.192. The molecule has 0 spiro atoms. The molecule has 4 N–H and O–H groups in total. The van der Waals surface area contributed by atoms with Crippen LogP contribution in [-0.4, -0.2) is 122 Å². The second-order valence-electron chi connectivity index (χ2n) is 23.2. The summed E-state index contributed by atoms with van der Waals surface area (Å²) in [5, 5.41) is 14.5. The van der Waals surface area contributed by atoms with E-state index in [-0.39, 0.29) is 21.7 Å². The Hall–Kier alpha value is -2.00. The van der Waals surface area contributed by atoms with Gasteiger partial charge < -0.3 is 40.9 Å². The van der Waals surface area contributed by atoms with E-state index in [0.717, 1.165) is 23.7 Å². The van der Waals surface area contributed by atoms with E-state index < -0.39 is 0 Å². The van der Waals surface area contributed by atoms with Crippen LogP contribution in [0.15, 0.2) is 49.1 Å². The van der Waals surface area contributed by atoms with E-state index in [1.807, 2.05) is 0 Å². The number of nitrogens with zero attached hydrogens (tertiary/aromatic N) is 4. The van der Waals surface area contributed by atoms with E-state index in [9.17, 15) is 0 Å². The number of piperidine rings is 4. The average Bonchev–Trinajstić information content (AvgIpc) is 3.95. The van der Waals surface area contributed by atoms with Crippen molar-refractivity contribution in [1.82, 2.24) is 40.9 Å². The van der Waals surface area contributed by atoms with Crippen LogP contribution < -0.4 is 21.3 Å². The first-order valence-electron chi connectivity index (χ1n) is 22.6. The topological polar surface area (TPSA) is 61.1 Å². The Bertz CT molecular complexity index is 1160. The van der Waals surface area contributed by atoms with Gasteiger partial charge in [0.1, 0.15) is 0 Å². The number of rotatable bonds is 8. The van der Waals surface area contributed by atoms with Gasteiger partial charge in [-0.1, -0.05) is 109 Å². The smallest absolute Gasteiger partial charge is 0.0426 e. The number of allylic oxidation sites excluding steroid dienone is 4. The van der Waals surface area contributed by atoms with E-state index in [1.165, 1.54) is 127 Å². The molecule has 320 valence electrons. The Morgan fingerprint density at radius 1 is 0.339 bits per heavy atom. The highest BCUT2D eigenvalue weighted by atomic mass is 15.2. The first-order valence-corrected chi connectivity index (χ1v) is 22.6. The van der Waals surface area contributed by atoms with Crippen LogP contribution in [0.4, 0.5) is 0 Å². The lowest BCUT2D eigenvalue weighted by atomic mass is 9.91. The van der Waals surface area contributed by atoms with Gasteiger partial charge in [-0.25, -0.2) is 0 Å². The highest BCUT2D eigenvalue weighted by Gasteiger charge is 2.41. The van der Waals surface area contributed by atoms with Gasteiger partial charge >= 0.3 is 0 Å². The second kappa shape index (κ2) is 17.7. The summed E-state index contributed by atoms with van der Waals surface area (Å²) in [6.07, 6.45) is 5.48. The van der Waals surface area contributed by atoms with Crippen molar-refractivity contribution in [1.29, 1.82) is 0 Å². The van der Waals surface area contributed by atoms with Crippen LogP contribution in [0, 0.1) is 45.3 Å². The lowest BCUT2D eigenvalue weighted by molar-refractivity contribution is 0.312. The van der Waals surface area contributed by atoms with Gasteiger partial charge in [0, 0.05) is 121 Å². The van der Waals surface area contributed by atoms with Crippen molar-refractivity contribution < 1.29 is 0 Å². The van der Waals surface area contributed by atoms with E-state index in [0.29, 0.717) is 24.2 Å². The molecule has 4 unspecified atom stereocenters. The van der Waals surface area contributed by atoms with Crippen LogP contribution in [0.2, 0.25) is 0 Å². The van der Waals surface area contributed by atoms with Gasteiger partial charge in [-0.15, -0.1) is 0 Å². The fourth-order valence-corrected chi connectivity index (χ4v) is 9.55. The maximum Gasteiger partial charge on any atom is 0.0426 e. The summed E-state index contributed by atoms with van der Waals surface area (Å²) >= 11 is 0. The van der Waals surface area contributed by atoms with Crippen LogP contribution in [0.25, 0.3) is 0 Å². The number of fused-ring (bicyclic) bond motifs is 8. The van der Waals surface area contributed by atoms with E-state index in [4.69, 9.17) is 0 Å². The van der Waals surface area contributed by atoms with Crippen LogP contribution in [0.5, 0.6) is 0 Å². The fourth-order valence-electron chi connectivity index (χ4n) is 9.55. The standard InChI is InChI=1S/4C12H22N2/c4*1-9(12(2,3)4)13-11-8-14-6-5-10(11)7-14/h4*10-11,13H,1,5-8H2,2-4H3/t2*10-,11+;2*10-,11-/m1010/s1. The monoisotopic (exact) mass is 777 g/mol. The van der Waals surface area contributed by atoms with Crippen molar-refractivity contribution in [2.45, 2.75) is 133 Å². The molecule has 0 aromatic rings. The molecule has 8 rings (SSSR count). The minimum absolute atomic E-state index is 0.192. The van der Waals surface area contributed by atoms with E-state index in [1.54, 1.807) is 0 Å². The molecule has 8 aliphatic rings. The largest absolute Gasteiger partial charge is 0.384 e. The van der Waals surface area contributed by atoms with Crippen molar-refractivity contribution in [3.8, 4) is 0 Å². The molecule has 8 bridgehead atoms. The number of nitrogens with one attached hydrogen (secondary N) is 4. The molecule has 8 aliphatic heterocycles. The molecule has 8 fully saturated rings. The molecular formula is C48H88N8. The lowest BCUT2D eigenvalue weighted by Crippen LogP contribution is -2.41. The molecule has 8 heteroatoms. The van der Waals surface area contributed by atoms with Crippen molar-refractivity contribution >= 4 is 0 Å². The lowest BCUT2D eigenvalue weighted by Gasteiger charge is -2.30. The highest BCUT2D eigenvalue weighted by molar-refractivity contribution is 5.11. The normalized spacial score (nSPS) is 36.1. The molecule has 0 saturated carbocycles. The van der Waals surface area contributed by atoms with Gasteiger partial charge in [-0.2, -0.15) is 0 Å². The maximum atomic E-state index is 4.14. The fraction of sp³-hybridized carbons (Fsp3) is 0.833. The van der Waals surface area contributed by atoms with Gasteiger partial charge in [0.05, 0.1) is 0 Å². The van der Waals surface area contributed by atoms with Crippen molar-refractivity contribution in [2.75, 3.05) is 78.5 Å². The van der Waals surface area contributed by atoms with Gasteiger partial charge in [0.2, 0.25) is 0 Å². The molecule has 56 heavy (non-hydrogen) atoms. The zero-order valence-electron chi connectivity index (χ0n) is 38.5. The molecule has 0 aromatic carbocycles. The van der Waals surface area contributed by atoms with Gasteiger partial charge in [0.15, 0.2) is 0 Å². The molecule has 8 nitrogen and oxygen atoms in total. The Balaban J connectivity index is 0.000000143. The summed E-state index contributed by atoms with van der Waals surface area (Å²) in [5.74, 6) is 3.48. The Morgan fingerprint density at radius 2 is 0.518 bits per heavy atom. The van der Waals surface area contributed by atoms with E-state index in [2.05, 4.69) is 150 Å². The predicted molar refractivity (Wildman–Crippen MR) is 240 cm³/mol. The minimum Gasteiger partial charge on any atom is -0.384 e. The van der Waals surface area contributed by atoms with E-state index >= 15 is 0 Å². The quantitative estimate of drug-likeness (QED) is 0.204. The van der Waals surface area contributed by atoms with Gasteiger partial charge in [-0.05, 0) is 75.5 Å². The molecule has 0 radical (unpaired) electrons. The van der Waals surface area contributed by atoms with Crippen molar-refractivity contribution in [3.63, 3.8) is 0 Å². The van der Waals surface area contributed by atoms with Crippen LogP contribution in [0.3, 0.4) is 0 Å². The third-order valence-corrected chi connectivity index (χ3v) is 14.4. The van der Waals surface area contributed by atoms with Gasteiger partial charge in [-0.3, -0.25) is 0 Å². The van der Waals surface area contributed by atoms with Crippen molar-refractivity contribution in [3.05, 3.63) is 49.1 Å². The number of hydrogen-bond donors (Lipinski definition) is 4. The third-order valence-electron chi connectivity index (χ3n) is 14.4. The van der Waals surface area contributed by atoms with Crippen LogP contribution in [0.1, 0.15) is 109 Å². The molecular weight excluding hydrogens is 689 g/mol. The summed E-state index contributed by atoms with van der Waals surface area (Å²) in [6.45, 7) is 58.5. The summed E-state index contributed by atoms with van der Waals surface area (Å²) < 4.78 is 0. The SMILES string of the molecule is C=C(N[C@@H]1CN2CC[C@@H]1C2)C(C)(C)C.C=C(N[C@@H]1CN2CC[C@H]1C2)C(C)(C)C.C=C(N[C@H]1CN2CC[C@@H]1C2)C(C)(C)C.C=C(N[C@H]1CN2CC[C@H]1C2)C(C)(C)C. The molecule has 8 heterocycles. The Kier molecular flexibility index (Phi) is 14.2. The average molecular weight is 777 g/mol. The molecule has 0 amide bonds. The third kappa shape index (κ3) is 12.0. The summed E-state index contributed by atoms with van der Waals surface area (Å²) in [7, 11) is 0. The summed E-state index contributed by atoms with van der Waals surface area (Å²) in [4.78, 5) is 10.2. The first kappa shape index (κ1) is 45.1. The molecule has 0 aliphatic carbocycles. The summed E-state index contributed by atoms with van der Waals surface area (Å²) in [6, 6.07) is 2.65. The maximum absolute atomic E-state index is 4.14. The zero-order chi connectivity index (χ0) is 41.4. The Morgan fingerprint density at radius 3 is 0.625 bits per heavy atom. The predicted octanol–water partition coefficient (Wildman–Crippen LogP) is 7.36. The highest BCUT2D eigenvalue weighted by Crippen LogP contribution is 2.34. The zero-order valence-corrected chi connectivity index (χ0v) is 38.5. The molecule has 12 atom stereocenters. The second-order valence-corrected chi connectivity index (χ2v) is 23.2. The van der Waals surface area contributed by atoms with Crippen LogP contribution in [-0.2, 0) is 0 Å². The van der Waals surface area contributed by atoms with Gasteiger partial charge in [0.25, 0.3) is 0 Å². The van der Waals surface area contributed by atoms with Crippen molar-refractivity contribution in [2.24, 2.45) is 45.3 Å².